The van der Waals surface area contributed by atoms with Crippen LogP contribution in [0.3, 0.4) is 0 Å². The Morgan fingerprint density at radius 3 is 2.18 bits per heavy atom. The molecule has 0 saturated heterocycles. The standard InChI is InChI=1S/C26H27N3O4/c1-26(2,3)33-24(30)23(15-17-9-8-14-27-29-17)28-25(31)32-16-22-20-12-6-4-10-18(20)19-11-5-7-13-21(19)22/h4-14,22-23H,15-16H2,1-3H3,(H,28,31)/t23-/m0/s1. The van der Waals surface area contributed by atoms with Gasteiger partial charge in [-0.25, -0.2) is 9.59 Å². The molecule has 0 radical (unpaired) electrons. The van der Waals surface area contributed by atoms with Gasteiger partial charge < -0.3 is 14.8 Å². The van der Waals surface area contributed by atoms with Gasteiger partial charge in [0.05, 0.1) is 5.69 Å². The first-order valence-corrected chi connectivity index (χ1v) is 10.9. The summed E-state index contributed by atoms with van der Waals surface area (Å²) in [6.45, 7) is 5.48. The molecule has 0 aliphatic heterocycles. The summed E-state index contributed by atoms with van der Waals surface area (Å²) in [5.74, 6) is -0.621. The van der Waals surface area contributed by atoms with E-state index in [0.717, 1.165) is 22.3 Å². The minimum absolute atomic E-state index is 0.0666. The largest absolute Gasteiger partial charge is 0.458 e. The second-order valence-electron chi connectivity index (χ2n) is 8.98. The Morgan fingerprint density at radius 1 is 0.970 bits per heavy atom. The van der Waals surface area contributed by atoms with Gasteiger partial charge >= 0.3 is 12.1 Å². The van der Waals surface area contributed by atoms with E-state index in [1.54, 1.807) is 39.1 Å². The Morgan fingerprint density at radius 2 is 1.61 bits per heavy atom. The van der Waals surface area contributed by atoms with Crippen LogP contribution in [0.1, 0.15) is 43.5 Å². The molecule has 33 heavy (non-hydrogen) atoms. The number of nitrogens with zero attached hydrogens (tertiary/aromatic N) is 2. The van der Waals surface area contributed by atoms with Gasteiger partial charge in [-0.3, -0.25) is 0 Å². The molecule has 0 bridgehead atoms. The van der Waals surface area contributed by atoms with E-state index >= 15 is 0 Å². The summed E-state index contributed by atoms with van der Waals surface area (Å²) in [6, 6.07) is 18.8. The molecule has 7 nitrogen and oxygen atoms in total. The van der Waals surface area contributed by atoms with Gasteiger partial charge in [0.25, 0.3) is 0 Å². The van der Waals surface area contributed by atoms with Crippen LogP contribution in [0.2, 0.25) is 0 Å². The van der Waals surface area contributed by atoms with Gasteiger partial charge in [0.2, 0.25) is 0 Å². The zero-order chi connectivity index (χ0) is 23.4. The smallest absolute Gasteiger partial charge is 0.407 e. The predicted molar refractivity (Wildman–Crippen MR) is 124 cm³/mol. The predicted octanol–water partition coefficient (Wildman–Crippen LogP) is 4.27. The molecule has 0 saturated carbocycles. The lowest BCUT2D eigenvalue weighted by molar-refractivity contribution is -0.157. The van der Waals surface area contributed by atoms with Crippen molar-refractivity contribution in [3.63, 3.8) is 0 Å². The summed E-state index contributed by atoms with van der Waals surface area (Å²) in [5.41, 5.74) is 4.41. The van der Waals surface area contributed by atoms with Crippen molar-refractivity contribution in [2.45, 2.75) is 44.8 Å². The molecule has 0 spiro atoms. The molecule has 7 heteroatoms. The van der Waals surface area contributed by atoms with Crippen LogP contribution in [-0.2, 0) is 20.7 Å². The summed E-state index contributed by atoms with van der Waals surface area (Å²) in [4.78, 5) is 25.5. The number of hydrogen-bond donors (Lipinski definition) is 1. The number of nitrogens with one attached hydrogen (secondary N) is 1. The van der Waals surface area contributed by atoms with Crippen LogP contribution < -0.4 is 5.32 Å². The molecule has 1 aliphatic carbocycles. The van der Waals surface area contributed by atoms with Gasteiger partial charge in [-0.1, -0.05) is 48.5 Å². The summed E-state index contributed by atoms with van der Waals surface area (Å²) < 4.78 is 11.1. The Balaban J connectivity index is 1.46. The topological polar surface area (TPSA) is 90.4 Å². The maximum atomic E-state index is 12.7. The number of ether oxygens (including phenoxy) is 2. The molecule has 1 atom stereocenters. The van der Waals surface area contributed by atoms with Gasteiger partial charge in [0.1, 0.15) is 18.2 Å². The summed E-state index contributed by atoms with van der Waals surface area (Å²) >= 11 is 0. The molecule has 3 aromatic rings. The van der Waals surface area contributed by atoms with E-state index in [1.807, 2.05) is 24.3 Å². The van der Waals surface area contributed by atoms with Crippen molar-refractivity contribution in [1.82, 2.24) is 15.5 Å². The van der Waals surface area contributed by atoms with Crippen molar-refractivity contribution in [3.05, 3.63) is 83.7 Å². The fraction of sp³-hybridized carbons (Fsp3) is 0.308. The Labute approximate surface area is 193 Å². The molecule has 4 rings (SSSR count). The summed E-state index contributed by atoms with van der Waals surface area (Å²) in [5, 5.41) is 10.5. The molecule has 1 amide bonds. The highest BCUT2D eigenvalue weighted by Crippen LogP contribution is 2.44. The summed E-state index contributed by atoms with van der Waals surface area (Å²) in [6.07, 6.45) is 1.01. The van der Waals surface area contributed by atoms with Crippen molar-refractivity contribution in [3.8, 4) is 11.1 Å². The van der Waals surface area contributed by atoms with Crippen molar-refractivity contribution < 1.29 is 19.1 Å². The van der Waals surface area contributed by atoms with Gasteiger partial charge in [-0.05, 0) is 55.2 Å². The van der Waals surface area contributed by atoms with Crippen LogP contribution in [0, 0.1) is 0 Å². The van der Waals surface area contributed by atoms with Gasteiger partial charge in [0.15, 0.2) is 0 Å². The lowest BCUT2D eigenvalue weighted by Gasteiger charge is -2.24. The van der Waals surface area contributed by atoms with Crippen LogP contribution in [0.15, 0.2) is 66.9 Å². The number of fused-ring (bicyclic) bond motifs is 3. The number of hydrogen-bond acceptors (Lipinski definition) is 6. The zero-order valence-corrected chi connectivity index (χ0v) is 18.9. The molecule has 1 aromatic heterocycles. The van der Waals surface area contributed by atoms with E-state index in [9.17, 15) is 9.59 Å². The normalized spacial score (nSPS) is 13.5. The Bertz CT molecular complexity index is 1100. The Kier molecular flexibility index (Phi) is 6.40. The monoisotopic (exact) mass is 445 g/mol. The number of aromatic nitrogens is 2. The van der Waals surface area contributed by atoms with Crippen LogP contribution in [0.25, 0.3) is 11.1 Å². The highest BCUT2D eigenvalue weighted by molar-refractivity contribution is 5.82. The van der Waals surface area contributed by atoms with Crippen LogP contribution >= 0.6 is 0 Å². The van der Waals surface area contributed by atoms with Crippen molar-refractivity contribution in [2.75, 3.05) is 6.61 Å². The van der Waals surface area contributed by atoms with Gasteiger partial charge in [0, 0.05) is 18.5 Å². The third kappa shape index (κ3) is 5.37. The number of carbonyl (C=O) groups excluding carboxylic acids is 2. The van der Waals surface area contributed by atoms with Crippen molar-refractivity contribution in [1.29, 1.82) is 0 Å². The number of rotatable bonds is 6. The van der Waals surface area contributed by atoms with Gasteiger partial charge in [-0.15, -0.1) is 0 Å². The number of esters is 1. The first kappa shape index (κ1) is 22.5. The van der Waals surface area contributed by atoms with E-state index in [2.05, 4.69) is 39.8 Å². The lowest BCUT2D eigenvalue weighted by atomic mass is 9.98. The van der Waals surface area contributed by atoms with Crippen molar-refractivity contribution in [2.24, 2.45) is 0 Å². The quantitative estimate of drug-likeness (QED) is 0.570. The van der Waals surface area contributed by atoms with Crippen LogP contribution in [-0.4, -0.2) is 40.5 Å². The molecule has 0 fully saturated rings. The highest BCUT2D eigenvalue weighted by Gasteiger charge is 2.31. The lowest BCUT2D eigenvalue weighted by Crippen LogP contribution is -2.46. The third-order valence-electron chi connectivity index (χ3n) is 5.37. The minimum Gasteiger partial charge on any atom is -0.458 e. The van der Waals surface area contributed by atoms with Crippen molar-refractivity contribution >= 4 is 12.1 Å². The molecule has 2 aromatic carbocycles. The zero-order valence-electron chi connectivity index (χ0n) is 18.9. The first-order chi connectivity index (χ1) is 15.8. The highest BCUT2D eigenvalue weighted by atomic mass is 16.6. The summed E-state index contributed by atoms with van der Waals surface area (Å²) in [7, 11) is 0. The second-order valence-corrected chi connectivity index (χ2v) is 8.98. The maximum absolute atomic E-state index is 12.7. The minimum atomic E-state index is -0.948. The molecular formula is C26H27N3O4. The van der Waals surface area contributed by atoms with E-state index < -0.39 is 23.7 Å². The van der Waals surface area contributed by atoms with Crippen LogP contribution in [0.5, 0.6) is 0 Å². The average Bonchev–Trinajstić information content (AvgIpc) is 3.11. The van der Waals surface area contributed by atoms with E-state index in [1.165, 1.54) is 0 Å². The second kappa shape index (κ2) is 9.40. The third-order valence-corrected chi connectivity index (χ3v) is 5.37. The maximum Gasteiger partial charge on any atom is 0.407 e. The van der Waals surface area contributed by atoms with Crippen LogP contribution in [0.4, 0.5) is 4.79 Å². The van der Waals surface area contributed by atoms with E-state index in [4.69, 9.17) is 9.47 Å². The van der Waals surface area contributed by atoms with Gasteiger partial charge in [-0.2, -0.15) is 10.2 Å². The number of carbonyl (C=O) groups is 2. The SMILES string of the molecule is CC(C)(C)OC(=O)[C@H](Cc1cccnn1)NC(=O)OCC1c2ccccc2-c2ccccc21. The van der Waals surface area contributed by atoms with E-state index in [-0.39, 0.29) is 18.9 Å². The molecule has 0 unspecified atom stereocenters. The first-order valence-electron chi connectivity index (χ1n) is 10.9. The average molecular weight is 446 g/mol. The number of amides is 1. The Hall–Kier alpha value is -3.74. The molecular weight excluding hydrogens is 418 g/mol. The number of benzene rings is 2. The fourth-order valence-electron chi connectivity index (χ4n) is 4.00. The van der Waals surface area contributed by atoms with E-state index in [0.29, 0.717) is 5.69 Å². The molecule has 1 heterocycles. The molecule has 170 valence electrons. The molecule has 1 aliphatic rings. The molecule has 1 N–H and O–H groups in total. The fourth-order valence-corrected chi connectivity index (χ4v) is 4.00. The number of alkyl carbamates (subject to hydrolysis) is 1.